The second kappa shape index (κ2) is 9.28. The molecule has 0 radical (unpaired) electrons. The molecule has 27 heavy (non-hydrogen) atoms. The van der Waals surface area contributed by atoms with Gasteiger partial charge >= 0.3 is 0 Å². The second-order valence-electron chi connectivity index (χ2n) is 5.79. The van der Waals surface area contributed by atoms with E-state index in [0.717, 1.165) is 25.8 Å². The van der Waals surface area contributed by atoms with Crippen LogP contribution in [0.3, 0.4) is 0 Å². The summed E-state index contributed by atoms with van der Waals surface area (Å²) in [7, 11) is 0. The molecule has 0 saturated heterocycles. The molecule has 0 bridgehead atoms. The van der Waals surface area contributed by atoms with Crippen molar-refractivity contribution in [3.63, 3.8) is 0 Å². The van der Waals surface area contributed by atoms with Crippen molar-refractivity contribution in [2.45, 2.75) is 13.2 Å². The van der Waals surface area contributed by atoms with Gasteiger partial charge in [-0.25, -0.2) is 4.39 Å². The van der Waals surface area contributed by atoms with Crippen LogP contribution < -0.4 is 10.1 Å². The number of halogens is 5. The van der Waals surface area contributed by atoms with Gasteiger partial charge in [-0.3, -0.25) is 0 Å². The van der Waals surface area contributed by atoms with E-state index in [0.29, 0.717) is 28.9 Å². The average molecular weight is 534 g/mol. The quantitative estimate of drug-likeness (QED) is 0.348. The maximum Gasteiger partial charge on any atom is 0.148 e. The van der Waals surface area contributed by atoms with Crippen LogP contribution in [0.5, 0.6) is 5.75 Å². The van der Waals surface area contributed by atoms with Gasteiger partial charge in [0, 0.05) is 12.2 Å². The van der Waals surface area contributed by atoms with E-state index in [1.54, 1.807) is 24.3 Å². The number of rotatable bonds is 6. The largest absolute Gasteiger partial charge is 0.487 e. The Balaban J connectivity index is 1.66. The van der Waals surface area contributed by atoms with Gasteiger partial charge < -0.3 is 10.1 Å². The molecule has 0 saturated carbocycles. The number of nitrogens with one attached hydrogen (secondary N) is 1. The van der Waals surface area contributed by atoms with Gasteiger partial charge in [-0.15, -0.1) is 0 Å². The minimum Gasteiger partial charge on any atom is -0.487 e. The Hall–Kier alpha value is -1.27. The summed E-state index contributed by atoms with van der Waals surface area (Å²) in [5.74, 6) is 0.428. The molecule has 0 aliphatic heterocycles. The van der Waals surface area contributed by atoms with Gasteiger partial charge in [0.2, 0.25) is 0 Å². The smallest absolute Gasteiger partial charge is 0.148 e. The fraction of sp³-hybridized carbons (Fsp3) is 0.100. The number of hydrogen-bond acceptors (Lipinski definition) is 2. The molecule has 0 fully saturated rings. The van der Waals surface area contributed by atoms with E-state index in [4.69, 9.17) is 27.9 Å². The Morgan fingerprint density at radius 2 is 1.52 bits per heavy atom. The lowest BCUT2D eigenvalue weighted by Crippen LogP contribution is -2.01. The van der Waals surface area contributed by atoms with Crippen molar-refractivity contribution < 1.29 is 9.13 Å². The molecule has 3 aromatic carbocycles. The number of hydrogen-bond donors (Lipinski definition) is 1. The fourth-order valence-corrected chi connectivity index (χ4v) is 4.21. The van der Waals surface area contributed by atoms with Crippen LogP contribution in [0.1, 0.15) is 11.1 Å². The first-order valence-electron chi connectivity index (χ1n) is 7.96. The average Bonchev–Trinajstić information content (AvgIpc) is 2.63. The third-order valence-electron chi connectivity index (χ3n) is 3.77. The third kappa shape index (κ3) is 5.61. The minimum absolute atomic E-state index is 0.264. The van der Waals surface area contributed by atoms with Crippen molar-refractivity contribution in [3.05, 3.63) is 90.5 Å². The molecule has 3 aromatic rings. The SMILES string of the molecule is Fc1ccc(COc2c(Br)cc(CNc3ccc(Cl)c(Cl)c3)cc2Br)cc1. The zero-order chi connectivity index (χ0) is 19.4. The normalized spacial score (nSPS) is 10.7. The summed E-state index contributed by atoms with van der Waals surface area (Å²) in [6, 6.07) is 15.6. The monoisotopic (exact) mass is 531 g/mol. The van der Waals surface area contributed by atoms with Crippen LogP contribution >= 0.6 is 55.1 Å². The van der Waals surface area contributed by atoms with Gasteiger partial charge in [0.1, 0.15) is 18.2 Å². The van der Waals surface area contributed by atoms with Crippen molar-refractivity contribution >= 4 is 60.7 Å². The van der Waals surface area contributed by atoms with Crippen LogP contribution in [0.25, 0.3) is 0 Å². The number of benzene rings is 3. The second-order valence-corrected chi connectivity index (χ2v) is 8.31. The molecular weight excluding hydrogens is 520 g/mol. The Bertz CT molecular complexity index is 928. The Morgan fingerprint density at radius 1 is 0.852 bits per heavy atom. The molecule has 0 atom stereocenters. The molecule has 0 spiro atoms. The summed E-state index contributed by atoms with van der Waals surface area (Å²) in [6.07, 6.45) is 0. The summed E-state index contributed by atoms with van der Waals surface area (Å²) in [6.45, 7) is 0.950. The van der Waals surface area contributed by atoms with Crippen LogP contribution in [0.2, 0.25) is 10.0 Å². The standard InChI is InChI=1S/C20H14Br2Cl2FNO/c21-16-7-13(10-26-15-5-6-18(23)19(24)9-15)8-17(22)20(16)27-11-12-1-3-14(25)4-2-12/h1-9,26H,10-11H2. The molecule has 3 rings (SSSR count). The summed E-state index contributed by atoms with van der Waals surface area (Å²) < 4.78 is 20.5. The lowest BCUT2D eigenvalue weighted by Gasteiger charge is -2.13. The molecule has 2 nitrogen and oxygen atoms in total. The lowest BCUT2D eigenvalue weighted by atomic mass is 10.2. The van der Waals surface area contributed by atoms with Crippen molar-refractivity contribution in [3.8, 4) is 5.75 Å². The molecule has 7 heteroatoms. The molecule has 140 valence electrons. The predicted octanol–water partition coefficient (Wildman–Crippen LogP) is 7.85. The van der Waals surface area contributed by atoms with Gasteiger partial charge in [0.15, 0.2) is 0 Å². The van der Waals surface area contributed by atoms with E-state index < -0.39 is 0 Å². The van der Waals surface area contributed by atoms with Crippen molar-refractivity contribution in [2.24, 2.45) is 0 Å². The van der Waals surface area contributed by atoms with Gasteiger partial charge in [0.25, 0.3) is 0 Å². The highest BCUT2D eigenvalue weighted by molar-refractivity contribution is 9.11. The summed E-state index contributed by atoms with van der Waals surface area (Å²) >= 11 is 19.1. The van der Waals surface area contributed by atoms with E-state index in [9.17, 15) is 4.39 Å². The van der Waals surface area contributed by atoms with Gasteiger partial charge in [-0.2, -0.15) is 0 Å². The van der Waals surface area contributed by atoms with E-state index in [1.807, 2.05) is 18.2 Å². The molecular formula is C20H14Br2Cl2FNO. The van der Waals surface area contributed by atoms with E-state index in [2.05, 4.69) is 37.2 Å². The molecule has 1 N–H and O–H groups in total. The molecule has 0 aliphatic rings. The predicted molar refractivity (Wildman–Crippen MR) is 116 cm³/mol. The first-order chi connectivity index (χ1) is 12.9. The highest BCUT2D eigenvalue weighted by Gasteiger charge is 2.10. The molecule has 0 unspecified atom stereocenters. The van der Waals surface area contributed by atoms with E-state index in [1.165, 1.54) is 12.1 Å². The first kappa shape index (κ1) is 20.5. The Labute approximate surface area is 183 Å². The number of anilines is 1. The molecule has 0 aliphatic carbocycles. The Morgan fingerprint density at radius 3 is 2.15 bits per heavy atom. The molecule has 0 amide bonds. The fourth-order valence-electron chi connectivity index (χ4n) is 2.40. The molecule has 0 heterocycles. The first-order valence-corrected chi connectivity index (χ1v) is 10.3. The maximum atomic E-state index is 13.0. The minimum atomic E-state index is -0.264. The van der Waals surface area contributed by atoms with Crippen molar-refractivity contribution in [1.29, 1.82) is 0 Å². The maximum absolute atomic E-state index is 13.0. The topological polar surface area (TPSA) is 21.3 Å². The van der Waals surface area contributed by atoms with Crippen LogP contribution in [-0.4, -0.2) is 0 Å². The van der Waals surface area contributed by atoms with Gasteiger partial charge in [0.05, 0.1) is 19.0 Å². The van der Waals surface area contributed by atoms with Crippen LogP contribution in [-0.2, 0) is 13.2 Å². The van der Waals surface area contributed by atoms with Crippen molar-refractivity contribution in [1.82, 2.24) is 0 Å². The van der Waals surface area contributed by atoms with Crippen LogP contribution in [0, 0.1) is 5.82 Å². The summed E-state index contributed by atoms with van der Waals surface area (Å²) in [5.41, 5.74) is 2.82. The van der Waals surface area contributed by atoms with Crippen LogP contribution in [0.15, 0.2) is 63.5 Å². The van der Waals surface area contributed by atoms with Gasteiger partial charge in [-0.1, -0.05) is 35.3 Å². The van der Waals surface area contributed by atoms with E-state index in [-0.39, 0.29) is 5.82 Å². The lowest BCUT2D eigenvalue weighted by molar-refractivity contribution is 0.302. The number of ether oxygens (including phenoxy) is 1. The summed E-state index contributed by atoms with van der Waals surface area (Å²) in [5, 5.41) is 4.34. The van der Waals surface area contributed by atoms with Crippen LogP contribution in [0.4, 0.5) is 10.1 Å². The van der Waals surface area contributed by atoms with Crippen molar-refractivity contribution in [2.75, 3.05) is 5.32 Å². The third-order valence-corrected chi connectivity index (χ3v) is 5.69. The zero-order valence-electron chi connectivity index (χ0n) is 13.9. The van der Waals surface area contributed by atoms with E-state index >= 15 is 0 Å². The van der Waals surface area contributed by atoms with Gasteiger partial charge in [-0.05, 0) is 85.5 Å². The molecule has 0 aromatic heterocycles. The summed E-state index contributed by atoms with van der Waals surface area (Å²) in [4.78, 5) is 0. The Kier molecular flexibility index (Phi) is 7.04. The highest BCUT2D eigenvalue weighted by Crippen LogP contribution is 2.35. The highest BCUT2D eigenvalue weighted by atomic mass is 79.9. The zero-order valence-corrected chi connectivity index (χ0v) is 18.6.